The highest BCUT2D eigenvalue weighted by Crippen LogP contribution is 1.91. The van der Waals surface area contributed by atoms with Crippen molar-refractivity contribution < 1.29 is 0 Å². The molecule has 0 aromatic carbocycles. The lowest BCUT2D eigenvalue weighted by molar-refractivity contribution is 0.547. The van der Waals surface area contributed by atoms with Crippen molar-refractivity contribution in [2.75, 3.05) is 7.05 Å². The van der Waals surface area contributed by atoms with Gasteiger partial charge in [-0.2, -0.15) is 5.10 Å². The molecule has 1 atom stereocenters. The summed E-state index contributed by atoms with van der Waals surface area (Å²) in [5.41, 5.74) is 0. The second-order valence-corrected chi connectivity index (χ2v) is 1.84. The first kappa shape index (κ1) is 5.28. The van der Waals surface area contributed by atoms with Gasteiger partial charge in [0.05, 0.1) is 6.04 Å². The van der Waals surface area contributed by atoms with E-state index < -0.39 is 0 Å². The quantitative estimate of drug-likeness (QED) is 0.443. The third kappa shape index (κ3) is 1.05. The number of hydrazone groups is 1. The molecule has 1 rings (SSSR count). The van der Waals surface area contributed by atoms with Crippen LogP contribution < -0.4 is 0 Å². The summed E-state index contributed by atoms with van der Waals surface area (Å²) in [6, 6.07) is 0.256. The minimum Gasteiger partial charge on any atom is -0.265 e. The molecular formula is C5H9N3. The number of rotatable bonds is 0. The lowest BCUT2D eigenvalue weighted by atomic mass is 10.4. The SMILES string of the molecule is CC1C=NN(C)C=N1. The van der Waals surface area contributed by atoms with Gasteiger partial charge in [-0.15, -0.1) is 0 Å². The number of hydrogen-bond acceptors (Lipinski definition) is 3. The molecule has 0 radical (unpaired) electrons. The minimum absolute atomic E-state index is 0.256. The topological polar surface area (TPSA) is 28.0 Å². The monoisotopic (exact) mass is 111 g/mol. The fraction of sp³-hybridized carbons (Fsp3) is 0.600. The first-order valence-electron chi connectivity index (χ1n) is 2.59. The zero-order chi connectivity index (χ0) is 5.98. The molecule has 1 unspecified atom stereocenters. The number of nitrogens with zero attached hydrogens (tertiary/aromatic N) is 3. The van der Waals surface area contributed by atoms with Gasteiger partial charge >= 0.3 is 0 Å². The molecule has 0 bridgehead atoms. The molecule has 0 amide bonds. The molecule has 0 N–H and O–H groups in total. The Kier molecular flexibility index (Phi) is 1.28. The van der Waals surface area contributed by atoms with Crippen molar-refractivity contribution in [2.24, 2.45) is 10.1 Å². The molecule has 0 saturated heterocycles. The summed E-state index contributed by atoms with van der Waals surface area (Å²) in [5, 5.41) is 5.65. The summed E-state index contributed by atoms with van der Waals surface area (Å²) in [6.45, 7) is 1.99. The minimum atomic E-state index is 0.256. The number of aliphatic imine (C=N–C) groups is 1. The van der Waals surface area contributed by atoms with Crippen molar-refractivity contribution in [1.29, 1.82) is 0 Å². The van der Waals surface area contributed by atoms with E-state index in [4.69, 9.17) is 0 Å². The first-order chi connectivity index (χ1) is 3.79. The Balaban J connectivity index is 2.54. The average Bonchev–Trinajstić information content (AvgIpc) is 1.77. The van der Waals surface area contributed by atoms with Gasteiger partial charge in [0.25, 0.3) is 0 Å². The Bertz CT molecular complexity index is 99.6. The van der Waals surface area contributed by atoms with Crippen molar-refractivity contribution in [1.82, 2.24) is 5.01 Å². The molecule has 8 heavy (non-hydrogen) atoms. The van der Waals surface area contributed by atoms with Crippen molar-refractivity contribution in [3.05, 3.63) is 0 Å². The lowest BCUT2D eigenvalue weighted by Gasteiger charge is -2.10. The zero-order valence-corrected chi connectivity index (χ0v) is 5.07. The van der Waals surface area contributed by atoms with Gasteiger partial charge in [0.15, 0.2) is 0 Å². The zero-order valence-electron chi connectivity index (χ0n) is 5.07. The van der Waals surface area contributed by atoms with Crippen LogP contribution in [-0.4, -0.2) is 30.7 Å². The van der Waals surface area contributed by atoms with Crippen LogP contribution in [0.25, 0.3) is 0 Å². The molecule has 44 valence electrons. The fourth-order valence-electron chi connectivity index (χ4n) is 0.472. The van der Waals surface area contributed by atoms with Gasteiger partial charge in [0, 0.05) is 13.3 Å². The van der Waals surface area contributed by atoms with Crippen LogP contribution in [0.2, 0.25) is 0 Å². The molecule has 3 nitrogen and oxygen atoms in total. The van der Waals surface area contributed by atoms with E-state index in [9.17, 15) is 0 Å². The van der Waals surface area contributed by atoms with Gasteiger partial charge in [0.2, 0.25) is 0 Å². The molecule has 0 fully saturated rings. The second kappa shape index (κ2) is 1.94. The molecule has 0 aromatic heterocycles. The Labute approximate surface area is 48.7 Å². The normalized spacial score (nSPS) is 26.8. The third-order valence-corrected chi connectivity index (χ3v) is 0.933. The van der Waals surface area contributed by atoms with Gasteiger partial charge < -0.3 is 0 Å². The van der Waals surface area contributed by atoms with Crippen molar-refractivity contribution in [2.45, 2.75) is 13.0 Å². The molecule has 0 spiro atoms. The smallest absolute Gasteiger partial charge is 0.106 e. The largest absolute Gasteiger partial charge is 0.265 e. The average molecular weight is 111 g/mol. The van der Waals surface area contributed by atoms with Gasteiger partial charge in [-0.3, -0.25) is 10.0 Å². The molecular weight excluding hydrogens is 102 g/mol. The summed E-state index contributed by atoms with van der Waals surface area (Å²) in [5.74, 6) is 0. The summed E-state index contributed by atoms with van der Waals surface area (Å²) in [7, 11) is 1.85. The molecule has 1 heterocycles. The Morgan fingerprint density at radius 2 is 2.38 bits per heavy atom. The Morgan fingerprint density at radius 3 is 2.75 bits per heavy atom. The second-order valence-electron chi connectivity index (χ2n) is 1.84. The van der Waals surface area contributed by atoms with E-state index in [-0.39, 0.29) is 6.04 Å². The van der Waals surface area contributed by atoms with E-state index in [0.29, 0.717) is 0 Å². The van der Waals surface area contributed by atoms with Crippen LogP contribution in [0.4, 0.5) is 0 Å². The maximum atomic E-state index is 4.06. The van der Waals surface area contributed by atoms with Crippen LogP contribution in [0.1, 0.15) is 6.92 Å². The van der Waals surface area contributed by atoms with Crippen LogP contribution in [-0.2, 0) is 0 Å². The van der Waals surface area contributed by atoms with Gasteiger partial charge in [-0.25, -0.2) is 0 Å². The van der Waals surface area contributed by atoms with Crippen LogP contribution in [0.3, 0.4) is 0 Å². The molecule has 1 aliphatic rings. The van der Waals surface area contributed by atoms with Gasteiger partial charge in [-0.05, 0) is 6.92 Å². The van der Waals surface area contributed by atoms with Crippen LogP contribution >= 0.6 is 0 Å². The van der Waals surface area contributed by atoms with Gasteiger partial charge in [0.1, 0.15) is 6.34 Å². The van der Waals surface area contributed by atoms with E-state index in [1.54, 1.807) is 17.6 Å². The highest BCUT2D eigenvalue weighted by atomic mass is 15.4. The molecule has 1 aliphatic heterocycles. The summed E-state index contributed by atoms with van der Waals surface area (Å²) >= 11 is 0. The van der Waals surface area contributed by atoms with Gasteiger partial charge in [-0.1, -0.05) is 0 Å². The standard InChI is InChI=1S/C5H9N3/c1-5-3-7-8(2)4-6-5/h3-5H,1-2H3. The summed E-state index contributed by atoms with van der Waals surface area (Å²) < 4.78 is 0. The fourth-order valence-corrected chi connectivity index (χ4v) is 0.472. The molecule has 0 aromatic rings. The summed E-state index contributed by atoms with van der Waals surface area (Å²) in [6.07, 6.45) is 3.52. The van der Waals surface area contributed by atoms with E-state index in [2.05, 4.69) is 10.1 Å². The van der Waals surface area contributed by atoms with E-state index in [1.807, 2.05) is 14.0 Å². The maximum Gasteiger partial charge on any atom is 0.106 e. The maximum absolute atomic E-state index is 4.06. The van der Waals surface area contributed by atoms with E-state index in [0.717, 1.165) is 0 Å². The molecule has 0 saturated carbocycles. The van der Waals surface area contributed by atoms with Crippen LogP contribution in [0.15, 0.2) is 10.1 Å². The predicted molar refractivity (Wildman–Crippen MR) is 34.2 cm³/mol. The van der Waals surface area contributed by atoms with E-state index >= 15 is 0 Å². The Morgan fingerprint density at radius 1 is 1.62 bits per heavy atom. The molecule has 0 aliphatic carbocycles. The Hall–Kier alpha value is -0.860. The summed E-state index contributed by atoms with van der Waals surface area (Å²) in [4.78, 5) is 4.06. The van der Waals surface area contributed by atoms with Crippen molar-refractivity contribution in [3.8, 4) is 0 Å². The van der Waals surface area contributed by atoms with Crippen molar-refractivity contribution >= 4 is 12.6 Å². The number of hydrogen-bond donors (Lipinski definition) is 0. The lowest BCUT2D eigenvalue weighted by Crippen LogP contribution is -2.17. The van der Waals surface area contributed by atoms with Crippen LogP contribution in [0, 0.1) is 0 Å². The molecule has 3 heteroatoms. The highest BCUT2D eigenvalue weighted by molar-refractivity contribution is 5.71. The van der Waals surface area contributed by atoms with Crippen molar-refractivity contribution in [3.63, 3.8) is 0 Å². The first-order valence-corrected chi connectivity index (χ1v) is 2.59. The highest BCUT2D eigenvalue weighted by Gasteiger charge is 1.97. The van der Waals surface area contributed by atoms with E-state index in [1.165, 1.54) is 0 Å². The predicted octanol–water partition coefficient (Wildman–Crippen LogP) is 0.334. The van der Waals surface area contributed by atoms with Crippen LogP contribution in [0.5, 0.6) is 0 Å². The third-order valence-electron chi connectivity index (χ3n) is 0.933.